The van der Waals surface area contributed by atoms with Gasteiger partial charge in [-0.2, -0.15) is 0 Å². The fourth-order valence-corrected chi connectivity index (χ4v) is 2.77. The summed E-state index contributed by atoms with van der Waals surface area (Å²) in [6.07, 6.45) is 0.836. The zero-order valence-electron chi connectivity index (χ0n) is 13.6. The number of fused-ring (bicyclic) bond motifs is 1. The molecule has 2 aromatic rings. The molecule has 0 amide bonds. The van der Waals surface area contributed by atoms with Gasteiger partial charge in [-0.3, -0.25) is 9.59 Å². The first kappa shape index (κ1) is 16.1. The van der Waals surface area contributed by atoms with Crippen molar-refractivity contribution in [2.75, 3.05) is 6.61 Å². The molecule has 0 fully saturated rings. The number of carbonyl (C=O) groups is 2. The third-order valence-electron chi connectivity index (χ3n) is 3.82. The van der Waals surface area contributed by atoms with Crippen LogP contribution in [0.1, 0.15) is 30.9 Å². The zero-order valence-corrected chi connectivity index (χ0v) is 13.6. The van der Waals surface area contributed by atoms with E-state index in [1.807, 2.05) is 18.2 Å². The van der Waals surface area contributed by atoms with Gasteiger partial charge in [-0.1, -0.05) is 18.2 Å². The highest BCUT2D eigenvalue weighted by Crippen LogP contribution is 2.35. The molecule has 1 aliphatic rings. The van der Waals surface area contributed by atoms with Gasteiger partial charge in [0.15, 0.2) is 0 Å². The van der Waals surface area contributed by atoms with Gasteiger partial charge in [0.25, 0.3) is 0 Å². The van der Waals surface area contributed by atoms with Crippen molar-refractivity contribution < 1.29 is 23.8 Å². The Labute approximate surface area is 140 Å². The van der Waals surface area contributed by atoms with Crippen molar-refractivity contribution >= 4 is 11.9 Å². The summed E-state index contributed by atoms with van der Waals surface area (Å²) in [6.45, 7) is 3.29. The first-order valence-corrected chi connectivity index (χ1v) is 7.74. The van der Waals surface area contributed by atoms with Gasteiger partial charge in [0.05, 0.1) is 6.61 Å². The second-order valence-electron chi connectivity index (χ2n) is 5.74. The molecule has 5 nitrogen and oxygen atoms in total. The van der Waals surface area contributed by atoms with Crippen LogP contribution in [0.15, 0.2) is 42.5 Å². The van der Waals surface area contributed by atoms with Crippen LogP contribution in [0.3, 0.4) is 0 Å². The lowest BCUT2D eigenvalue weighted by Gasteiger charge is -2.26. The maximum Gasteiger partial charge on any atom is 0.308 e. The van der Waals surface area contributed by atoms with E-state index >= 15 is 0 Å². The molecule has 0 radical (unpaired) electrons. The standard InChI is InChI=1S/C19H18O5/c1-12(20)23-17-6-3-14(4-7-17)16-9-15-5-8-18(24-13(2)21)10-19(15)22-11-16/h3-8,10,16H,9,11H2,1-2H3/t16-/m1/s1. The molecule has 1 heterocycles. The Morgan fingerprint density at radius 3 is 2.25 bits per heavy atom. The summed E-state index contributed by atoms with van der Waals surface area (Å²) < 4.78 is 16.0. The minimum absolute atomic E-state index is 0.225. The summed E-state index contributed by atoms with van der Waals surface area (Å²) in [6, 6.07) is 12.9. The lowest BCUT2D eigenvalue weighted by molar-refractivity contribution is -0.132. The first-order valence-electron chi connectivity index (χ1n) is 7.74. The van der Waals surface area contributed by atoms with E-state index < -0.39 is 0 Å². The Bertz CT molecular complexity index is 764. The predicted molar refractivity (Wildman–Crippen MR) is 87.4 cm³/mol. The Kier molecular flexibility index (Phi) is 4.51. The van der Waals surface area contributed by atoms with Gasteiger partial charge in [0.2, 0.25) is 0 Å². The maximum absolute atomic E-state index is 11.0. The molecule has 0 saturated heterocycles. The van der Waals surface area contributed by atoms with E-state index in [1.165, 1.54) is 13.8 Å². The van der Waals surface area contributed by atoms with E-state index in [2.05, 4.69) is 0 Å². The van der Waals surface area contributed by atoms with Crippen molar-refractivity contribution in [3.05, 3.63) is 53.6 Å². The minimum atomic E-state index is -0.350. The molecule has 2 aromatic carbocycles. The molecule has 3 rings (SSSR count). The molecule has 0 N–H and O–H groups in total. The van der Waals surface area contributed by atoms with E-state index in [-0.39, 0.29) is 17.9 Å². The van der Waals surface area contributed by atoms with Crippen molar-refractivity contribution in [1.29, 1.82) is 0 Å². The number of ether oxygens (including phenoxy) is 3. The molecule has 0 saturated carbocycles. The highest BCUT2D eigenvalue weighted by Gasteiger charge is 2.22. The van der Waals surface area contributed by atoms with Gasteiger partial charge >= 0.3 is 11.9 Å². The molecule has 0 spiro atoms. The monoisotopic (exact) mass is 326 g/mol. The molecule has 0 aliphatic carbocycles. The lowest BCUT2D eigenvalue weighted by Crippen LogP contribution is -2.19. The van der Waals surface area contributed by atoms with Crippen molar-refractivity contribution in [3.63, 3.8) is 0 Å². The third-order valence-corrected chi connectivity index (χ3v) is 3.82. The summed E-state index contributed by atoms with van der Waals surface area (Å²) in [5.74, 6) is 1.32. The Morgan fingerprint density at radius 1 is 0.958 bits per heavy atom. The van der Waals surface area contributed by atoms with Gasteiger partial charge < -0.3 is 14.2 Å². The van der Waals surface area contributed by atoms with Gasteiger partial charge in [-0.15, -0.1) is 0 Å². The summed E-state index contributed by atoms with van der Waals surface area (Å²) in [5.41, 5.74) is 2.20. The molecule has 24 heavy (non-hydrogen) atoms. The van der Waals surface area contributed by atoms with E-state index in [0.717, 1.165) is 23.3 Å². The molecule has 1 atom stereocenters. The van der Waals surface area contributed by atoms with E-state index in [9.17, 15) is 9.59 Å². The quantitative estimate of drug-likeness (QED) is 0.640. The molecule has 1 aliphatic heterocycles. The zero-order chi connectivity index (χ0) is 17.1. The Hall–Kier alpha value is -2.82. The highest BCUT2D eigenvalue weighted by atomic mass is 16.5. The van der Waals surface area contributed by atoms with Gasteiger partial charge in [0.1, 0.15) is 17.2 Å². The van der Waals surface area contributed by atoms with Crippen LogP contribution >= 0.6 is 0 Å². The van der Waals surface area contributed by atoms with Gasteiger partial charge in [-0.25, -0.2) is 0 Å². The fourth-order valence-electron chi connectivity index (χ4n) is 2.77. The fraction of sp³-hybridized carbons (Fsp3) is 0.263. The second kappa shape index (κ2) is 6.74. The number of hydrogen-bond acceptors (Lipinski definition) is 5. The molecule has 0 unspecified atom stereocenters. The summed E-state index contributed by atoms with van der Waals surface area (Å²) >= 11 is 0. The van der Waals surface area contributed by atoms with Crippen LogP contribution in [-0.2, 0) is 16.0 Å². The van der Waals surface area contributed by atoms with Crippen LogP contribution in [-0.4, -0.2) is 18.5 Å². The minimum Gasteiger partial charge on any atom is -0.493 e. The Morgan fingerprint density at radius 2 is 1.58 bits per heavy atom. The topological polar surface area (TPSA) is 61.8 Å². The smallest absolute Gasteiger partial charge is 0.308 e. The number of benzene rings is 2. The van der Waals surface area contributed by atoms with Crippen LogP contribution in [0.2, 0.25) is 0 Å². The molecule has 0 aromatic heterocycles. The van der Waals surface area contributed by atoms with Gasteiger partial charge in [0, 0.05) is 25.8 Å². The molecule has 124 valence electrons. The SMILES string of the molecule is CC(=O)Oc1ccc([C@H]2COc3cc(OC(C)=O)ccc3C2)cc1. The second-order valence-corrected chi connectivity index (χ2v) is 5.74. The van der Waals surface area contributed by atoms with Crippen molar-refractivity contribution in [3.8, 4) is 17.2 Å². The molecule has 0 bridgehead atoms. The van der Waals surface area contributed by atoms with E-state index in [4.69, 9.17) is 14.2 Å². The summed E-state index contributed by atoms with van der Waals surface area (Å²) in [7, 11) is 0. The average molecular weight is 326 g/mol. The molecule has 5 heteroatoms. The van der Waals surface area contributed by atoms with Crippen molar-refractivity contribution in [2.45, 2.75) is 26.2 Å². The largest absolute Gasteiger partial charge is 0.493 e. The lowest BCUT2D eigenvalue weighted by atomic mass is 9.90. The summed E-state index contributed by atoms with van der Waals surface area (Å²) in [5, 5.41) is 0. The molecular weight excluding hydrogens is 308 g/mol. The third kappa shape index (κ3) is 3.74. The Balaban J connectivity index is 1.72. The van der Waals surface area contributed by atoms with Crippen LogP contribution in [0.25, 0.3) is 0 Å². The van der Waals surface area contributed by atoms with Crippen molar-refractivity contribution in [1.82, 2.24) is 0 Å². The van der Waals surface area contributed by atoms with Crippen LogP contribution < -0.4 is 14.2 Å². The highest BCUT2D eigenvalue weighted by molar-refractivity contribution is 5.70. The number of esters is 2. The van der Waals surface area contributed by atoms with Crippen LogP contribution in [0, 0.1) is 0 Å². The summed E-state index contributed by atoms with van der Waals surface area (Å²) in [4.78, 5) is 22.0. The van der Waals surface area contributed by atoms with E-state index in [1.54, 1.807) is 24.3 Å². The van der Waals surface area contributed by atoms with E-state index in [0.29, 0.717) is 18.1 Å². The number of rotatable bonds is 3. The average Bonchev–Trinajstić information content (AvgIpc) is 2.54. The molecular formula is C19H18O5. The maximum atomic E-state index is 11.0. The predicted octanol–water partition coefficient (Wildman–Crippen LogP) is 3.26. The van der Waals surface area contributed by atoms with Gasteiger partial charge in [-0.05, 0) is 35.7 Å². The normalized spacial score (nSPS) is 15.8. The van der Waals surface area contributed by atoms with Crippen LogP contribution in [0.5, 0.6) is 17.2 Å². The van der Waals surface area contributed by atoms with Crippen LogP contribution in [0.4, 0.5) is 0 Å². The number of carbonyl (C=O) groups excluding carboxylic acids is 2. The number of hydrogen-bond donors (Lipinski definition) is 0. The first-order chi connectivity index (χ1) is 11.5. The van der Waals surface area contributed by atoms with Crippen molar-refractivity contribution in [2.24, 2.45) is 0 Å².